The number of benzene rings is 2. The van der Waals surface area contributed by atoms with Gasteiger partial charge in [-0.3, -0.25) is 4.79 Å². The molecule has 3 aromatic rings. The lowest BCUT2D eigenvalue weighted by molar-refractivity contribution is -0.318. The van der Waals surface area contributed by atoms with Crippen LogP contribution in [0.15, 0.2) is 51.9 Å². The molecule has 2 aromatic carbocycles. The monoisotopic (exact) mass is 592 g/mol. The first-order chi connectivity index (χ1) is 20.0. The van der Waals surface area contributed by atoms with Crippen LogP contribution in [-0.2, 0) is 14.2 Å². The second-order valence-electron chi connectivity index (χ2n) is 10.2. The van der Waals surface area contributed by atoms with E-state index in [1.165, 1.54) is 26.4 Å². The minimum atomic E-state index is -1.75. The number of aliphatic hydroxyl groups is 6. The molecule has 14 nitrogen and oxygen atoms in total. The fraction of sp³-hybridized carbons (Fsp3) is 0.464. The Kier molecular flexibility index (Phi) is 8.71. The maximum absolute atomic E-state index is 13.2. The number of phenolic OH excluding ortho intramolecular Hbond substituents is 1. The standard InChI is InChI=1S/C28H32O14/c1-11-20(30)23(33)25(35)27(40-11)39-10-18-22(32)24(34)26(36)28(42-18)41-14-7-16(29)19-17(8-14)38-9-15(21(19)31)12-3-5-13(37-2)6-4-12/h3-9,11,18,20,22-30,32-36H,10H2,1-2H3/t11-,18+,20+,22+,23-,24-,25+,26+,27-,28+/m1/s1. The van der Waals surface area contributed by atoms with Crippen LogP contribution in [0.3, 0.4) is 0 Å². The molecular formula is C28H32O14. The van der Waals surface area contributed by atoms with Crippen LogP contribution < -0.4 is 14.9 Å². The van der Waals surface area contributed by atoms with E-state index < -0.39 is 79.2 Å². The predicted molar refractivity (Wildman–Crippen MR) is 142 cm³/mol. The first kappa shape index (κ1) is 30.2. The summed E-state index contributed by atoms with van der Waals surface area (Å²) in [5.74, 6) is 0.0283. The Morgan fingerprint density at radius 1 is 0.810 bits per heavy atom. The molecule has 5 rings (SSSR count). The Labute approximate surface area is 238 Å². The summed E-state index contributed by atoms with van der Waals surface area (Å²) < 4.78 is 32.8. The zero-order valence-electron chi connectivity index (χ0n) is 22.5. The fourth-order valence-electron chi connectivity index (χ4n) is 4.87. The number of aromatic hydroxyl groups is 1. The summed E-state index contributed by atoms with van der Waals surface area (Å²) in [5.41, 5.74) is 0.200. The highest BCUT2D eigenvalue weighted by Crippen LogP contribution is 2.33. The van der Waals surface area contributed by atoms with Crippen LogP contribution in [-0.4, -0.2) is 111 Å². The Morgan fingerprint density at radius 3 is 2.17 bits per heavy atom. The van der Waals surface area contributed by atoms with Gasteiger partial charge in [-0.1, -0.05) is 12.1 Å². The van der Waals surface area contributed by atoms with Gasteiger partial charge in [0.05, 0.1) is 25.4 Å². The predicted octanol–water partition coefficient (Wildman–Crippen LogP) is -0.795. The molecule has 0 spiro atoms. The number of phenols is 1. The van der Waals surface area contributed by atoms with E-state index in [0.717, 1.165) is 6.07 Å². The molecule has 0 amide bonds. The Morgan fingerprint density at radius 2 is 1.48 bits per heavy atom. The van der Waals surface area contributed by atoms with Gasteiger partial charge >= 0.3 is 0 Å². The minimum Gasteiger partial charge on any atom is -0.507 e. The summed E-state index contributed by atoms with van der Waals surface area (Å²) in [6, 6.07) is 9.07. The number of aliphatic hydroxyl groups excluding tert-OH is 6. The average molecular weight is 593 g/mol. The molecule has 0 bridgehead atoms. The summed E-state index contributed by atoms with van der Waals surface area (Å²) in [4.78, 5) is 13.2. The van der Waals surface area contributed by atoms with Crippen LogP contribution in [0.4, 0.5) is 0 Å². The highest BCUT2D eigenvalue weighted by atomic mass is 16.7. The Hall–Kier alpha value is -3.31. The van der Waals surface area contributed by atoms with Gasteiger partial charge in [-0.2, -0.15) is 0 Å². The van der Waals surface area contributed by atoms with Crippen molar-refractivity contribution >= 4 is 11.0 Å². The van der Waals surface area contributed by atoms with Crippen molar-refractivity contribution in [3.63, 3.8) is 0 Å². The average Bonchev–Trinajstić information content (AvgIpc) is 2.98. The molecule has 1 aromatic heterocycles. The van der Waals surface area contributed by atoms with Gasteiger partial charge < -0.3 is 63.8 Å². The van der Waals surface area contributed by atoms with E-state index in [1.54, 1.807) is 24.3 Å². The normalized spacial score (nSPS) is 33.4. The lowest BCUT2D eigenvalue weighted by atomic mass is 9.98. The van der Waals surface area contributed by atoms with Gasteiger partial charge in [-0.25, -0.2) is 0 Å². The van der Waals surface area contributed by atoms with Crippen LogP contribution in [0.5, 0.6) is 17.2 Å². The van der Waals surface area contributed by atoms with Crippen molar-refractivity contribution < 1.29 is 63.8 Å². The second-order valence-corrected chi connectivity index (χ2v) is 10.2. The Balaban J connectivity index is 1.33. The number of ether oxygens (including phenoxy) is 5. The summed E-state index contributed by atoms with van der Waals surface area (Å²) in [7, 11) is 1.52. The van der Waals surface area contributed by atoms with Crippen LogP contribution >= 0.6 is 0 Å². The molecule has 2 aliphatic rings. The maximum atomic E-state index is 13.2. The molecule has 2 fully saturated rings. The molecule has 0 radical (unpaired) electrons. The second kappa shape index (κ2) is 12.1. The molecule has 228 valence electrons. The molecule has 42 heavy (non-hydrogen) atoms. The number of fused-ring (bicyclic) bond motifs is 1. The van der Waals surface area contributed by atoms with Gasteiger partial charge in [0, 0.05) is 12.1 Å². The van der Waals surface area contributed by atoms with Crippen molar-refractivity contribution in [3.05, 3.63) is 52.9 Å². The molecule has 0 aliphatic carbocycles. The molecule has 2 saturated heterocycles. The van der Waals surface area contributed by atoms with Crippen LogP contribution in [0, 0.1) is 0 Å². The molecule has 7 N–H and O–H groups in total. The zero-order valence-corrected chi connectivity index (χ0v) is 22.5. The Bertz CT molecular complexity index is 1440. The third-order valence-corrected chi connectivity index (χ3v) is 7.39. The highest BCUT2D eigenvalue weighted by Gasteiger charge is 2.47. The number of methoxy groups -OCH3 is 1. The maximum Gasteiger partial charge on any atom is 0.229 e. The number of hydrogen-bond donors (Lipinski definition) is 7. The summed E-state index contributed by atoms with van der Waals surface area (Å²) in [6.07, 6.45) is -13.6. The van der Waals surface area contributed by atoms with Crippen molar-refractivity contribution in [2.45, 2.75) is 68.3 Å². The van der Waals surface area contributed by atoms with Crippen molar-refractivity contribution in [3.8, 4) is 28.4 Å². The summed E-state index contributed by atoms with van der Waals surface area (Å²) in [6.45, 7) is 0.987. The number of rotatable bonds is 7. The third-order valence-electron chi connectivity index (χ3n) is 7.39. The van der Waals surface area contributed by atoms with Crippen LogP contribution in [0.1, 0.15) is 6.92 Å². The molecule has 14 heteroatoms. The van der Waals surface area contributed by atoms with Crippen LogP contribution in [0.25, 0.3) is 22.1 Å². The minimum absolute atomic E-state index is 0.0312. The topological polar surface area (TPSA) is 218 Å². The molecule has 10 atom stereocenters. The van der Waals surface area contributed by atoms with Gasteiger partial charge in [0.15, 0.2) is 6.29 Å². The summed E-state index contributed by atoms with van der Waals surface area (Å²) >= 11 is 0. The molecule has 2 aliphatic heterocycles. The van der Waals surface area contributed by atoms with Crippen molar-refractivity contribution in [1.29, 1.82) is 0 Å². The van der Waals surface area contributed by atoms with Crippen molar-refractivity contribution in [2.75, 3.05) is 13.7 Å². The quantitative estimate of drug-likeness (QED) is 0.179. The van der Waals surface area contributed by atoms with Gasteiger partial charge in [-0.05, 0) is 24.6 Å². The van der Waals surface area contributed by atoms with E-state index in [4.69, 9.17) is 28.1 Å². The van der Waals surface area contributed by atoms with Gasteiger partial charge in [0.2, 0.25) is 11.7 Å². The van der Waals surface area contributed by atoms with Gasteiger partial charge in [-0.15, -0.1) is 0 Å². The number of hydrogen-bond acceptors (Lipinski definition) is 14. The van der Waals surface area contributed by atoms with E-state index in [1.807, 2.05) is 0 Å². The molecule has 0 saturated carbocycles. The van der Waals surface area contributed by atoms with E-state index >= 15 is 0 Å². The van der Waals surface area contributed by atoms with Crippen molar-refractivity contribution in [1.82, 2.24) is 0 Å². The molecule has 0 unspecified atom stereocenters. The largest absolute Gasteiger partial charge is 0.507 e. The smallest absolute Gasteiger partial charge is 0.229 e. The van der Waals surface area contributed by atoms with E-state index in [0.29, 0.717) is 11.3 Å². The first-order valence-corrected chi connectivity index (χ1v) is 13.1. The highest BCUT2D eigenvalue weighted by molar-refractivity contribution is 5.88. The lowest BCUT2D eigenvalue weighted by Crippen LogP contribution is -2.61. The third kappa shape index (κ3) is 5.68. The van der Waals surface area contributed by atoms with Crippen molar-refractivity contribution in [2.24, 2.45) is 0 Å². The SMILES string of the molecule is COc1ccc(-c2coc3cc(O[C@H]4O[C@@H](CO[C@@H]5O[C@H](C)[C@H](O)[C@@H](O)[C@@H]5O)[C@H](O)[C@@H](O)[C@@H]4O)cc(O)c3c2=O)cc1. The van der Waals surface area contributed by atoms with Gasteiger partial charge in [0.1, 0.15) is 77.2 Å². The van der Waals surface area contributed by atoms with E-state index in [2.05, 4.69) is 0 Å². The van der Waals surface area contributed by atoms with E-state index in [9.17, 15) is 40.5 Å². The molecule has 3 heterocycles. The lowest BCUT2D eigenvalue weighted by Gasteiger charge is -2.42. The first-order valence-electron chi connectivity index (χ1n) is 13.1. The zero-order chi connectivity index (χ0) is 30.3. The molecular weight excluding hydrogens is 560 g/mol. The van der Waals surface area contributed by atoms with Crippen LogP contribution in [0.2, 0.25) is 0 Å². The van der Waals surface area contributed by atoms with E-state index in [-0.39, 0.29) is 22.3 Å². The van der Waals surface area contributed by atoms with Gasteiger partial charge in [0.25, 0.3) is 0 Å². The summed E-state index contributed by atoms with van der Waals surface area (Å²) in [5, 5.41) is 71.9. The fourth-order valence-corrected chi connectivity index (χ4v) is 4.87.